The molecule has 0 amide bonds. The Labute approximate surface area is 119 Å². The highest BCUT2D eigenvalue weighted by Crippen LogP contribution is 2.27. The molecule has 2 heterocycles. The number of hydrogen-bond acceptors (Lipinski definition) is 5. The molecule has 0 spiro atoms. The molecule has 1 N–H and O–H groups in total. The van der Waals surface area contributed by atoms with Gasteiger partial charge in [0.2, 0.25) is 5.69 Å². The van der Waals surface area contributed by atoms with Crippen LogP contribution in [0.1, 0.15) is 10.5 Å². The molecule has 7 nitrogen and oxygen atoms in total. The molecule has 3 rings (SSSR count). The number of hydrogen-bond donors (Lipinski definition) is 1. The lowest BCUT2D eigenvalue weighted by Gasteiger charge is -2.06. The minimum atomic E-state index is -1.17. The molecule has 0 saturated carbocycles. The summed E-state index contributed by atoms with van der Waals surface area (Å²) in [5, 5.41) is 16.9. The van der Waals surface area contributed by atoms with Gasteiger partial charge >= 0.3 is 5.97 Å². The van der Waals surface area contributed by atoms with E-state index >= 15 is 0 Å². The van der Waals surface area contributed by atoms with E-state index in [0.29, 0.717) is 17.2 Å². The van der Waals surface area contributed by atoms with E-state index in [9.17, 15) is 9.90 Å². The van der Waals surface area contributed by atoms with Crippen molar-refractivity contribution in [3.8, 4) is 22.9 Å². The Morgan fingerprint density at radius 2 is 2.19 bits per heavy atom. The smallest absolute Gasteiger partial charge is 0.358 e. The zero-order chi connectivity index (χ0) is 14.8. The molecule has 0 bridgehead atoms. The minimum Gasteiger partial charge on any atom is -0.497 e. The number of carboxylic acid groups (broad SMARTS) is 1. The second kappa shape index (κ2) is 5.12. The van der Waals surface area contributed by atoms with Crippen LogP contribution < -0.4 is 4.74 Å². The number of carboxylic acids is 1. The Morgan fingerprint density at radius 1 is 1.33 bits per heavy atom. The summed E-state index contributed by atoms with van der Waals surface area (Å²) in [5.74, 6) is -0.166. The summed E-state index contributed by atoms with van der Waals surface area (Å²) in [7, 11) is 1.55. The van der Waals surface area contributed by atoms with Crippen LogP contribution in [0.2, 0.25) is 0 Å². The topological polar surface area (TPSA) is 90.4 Å². The van der Waals surface area contributed by atoms with E-state index in [4.69, 9.17) is 9.15 Å². The SMILES string of the molecule is COc1cccc(-n2nnc(C(=O)O)c2-c2ccco2)c1. The number of nitrogens with zero attached hydrogens (tertiary/aromatic N) is 3. The van der Waals surface area contributed by atoms with Crippen molar-refractivity contribution in [2.24, 2.45) is 0 Å². The Kier molecular flexibility index (Phi) is 3.15. The van der Waals surface area contributed by atoms with Gasteiger partial charge in [-0.2, -0.15) is 0 Å². The summed E-state index contributed by atoms with van der Waals surface area (Å²) in [6.45, 7) is 0. The second-order valence-electron chi connectivity index (χ2n) is 4.18. The molecule has 0 aliphatic rings. The van der Waals surface area contributed by atoms with Crippen molar-refractivity contribution in [3.63, 3.8) is 0 Å². The van der Waals surface area contributed by atoms with Gasteiger partial charge in [0.15, 0.2) is 5.76 Å². The molecule has 2 aromatic heterocycles. The molecule has 21 heavy (non-hydrogen) atoms. The molecular formula is C14H11N3O4. The van der Waals surface area contributed by atoms with E-state index in [-0.39, 0.29) is 11.4 Å². The van der Waals surface area contributed by atoms with E-state index in [0.717, 1.165) is 0 Å². The van der Waals surface area contributed by atoms with Crippen molar-refractivity contribution in [1.29, 1.82) is 0 Å². The predicted molar refractivity (Wildman–Crippen MR) is 72.6 cm³/mol. The van der Waals surface area contributed by atoms with Gasteiger partial charge in [0.25, 0.3) is 0 Å². The third-order valence-corrected chi connectivity index (χ3v) is 2.93. The number of rotatable bonds is 4. The zero-order valence-electron chi connectivity index (χ0n) is 11.1. The molecule has 1 aromatic carbocycles. The second-order valence-corrected chi connectivity index (χ2v) is 4.18. The van der Waals surface area contributed by atoms with Crippen molar-refractivity contribution in [2.75, 3.05) is 7.11 Å². The fraction of sp³-hybridized carbons (Fsp3) is 0.0714. The fourth-order valence-electron chi connectivity index (χ4n) is 1.98. The quantitative estimate of drug-likeness (QED) is 0.790. The number of benzene rings is 1. The van der Waals surface area contributed by atoms with E-state index in [1.54, 1.807) is 43.5 Å². The van der Waals surface area contributed by atoms with Gasteiger partial charge in [-0.1, -0.05) is 11.3 Å². The first-order valence-corrected chi connectivity index (χ1v) is 6.08. The number of furan rings is 1. The van der Waals surface area contributed by atoms with Crippen LogP contribution >= 0.6 is 0 Å². The van der Waals surface area contributed by atoms with E-state index in [2.05, 4.69) is 10.3 Å². The van der Waals surface area contributed by atoms with Crippen LogP contribution in [0.15, 0.2) is 47.1 Å². The van der Waals surface area contributed by atoms with Crippen LogP contribution in [0.4, 0.5) is 0 Å². The molecule has 7 heteroatoms. The Morgan fingerprint density at radius 3 is 2.86 bits per heavy atom. The Bertz CT molecular complexity index is 777. The number of ether oxygens (including phenoxy) is 1. The maximum atomic E-state index is 11.3. The van der Waals surface area contributed by atoms with Gasteiger partial charge in [0, 0.05) is 6.07 Å². The van der Waals surface area contributed by atoms with Crippen LogP contribution in [0.5, 0.6) is 5.75 Å². The molecule has 0 aliphatic heterocycles. The highest BCUT2D eigenvalue weighted by Gasteiger charge is 2.23. The summed E-state index contributed by atoms with van der Waals surface area (Å²) in [5.41, 5.74) is 0.731. The number of methoxy groups -OCH3 is 1. The molecule has 0 unspecified atom stereocenters. The van der Waals surface area contributed by atoms with Gasteiger partial charge < -0.3 is 14.3 Å². The Hall–Kier alpha value is -3.09. The average molecular weight is 285 g/mol. The maximum absolute atomic E-state index is 11.3. The van der Waals surface area contributed by atoms with Crippen molar-refractivity contribution < 1.29 is 19.1 Å². The third-order valence-electron chi connectivity index (χ3n) is 2.93. The lowest BCUT2D eigenvalue weighted by Crippen LogP contribution is -2.02. The summed E-state index contributed by atoms with van der Waals surface area (Å²) in [6.07, 6.45) is 1.46. The van der Waals surface area contributed by atoms with Gasteiger partial charge in [-0.15, -0.1) is 5.10 Å². The first kappa shape index (κ1) is 12.9. The highest BCUT2D eigenvalue weighted by atomic mass is 16.5. The van der Waals surface area contributed by atoms with Gasteiger partial charge in [-0.05, 0) is 24.3 Å². The molecule has 0 saturated heterocycles. The summed E-state index contributed by atoms with van der Waals surface area (Å²) in [4.78, 5) is 11.3. The fourth-order valence-corrected chi connectivity index (χ4v) is 1.98. The third kappa shape index (κ3) is 2.25. The zero-order valence-corrected chi connectivity index (χ0v) is 11.1. The molecule has 0 radical (unpaired) electrons. The predicted octanol–water partition coefficient (Wildman–Crippen LogP) is 2.23. The van der Waals surface area contributed by atoms with Crippen LogP contribution in [0.25, 0.3) is 17.1 Å². The highest BCUT2D eigenvalue weighted by molar-refractivity contribution is 5.92. The van der Waals surface area contributed by atoms with E-state index in [1.165, 1.54) is 10.9 Å². The molecule has 0 atom stereocenters. The number of aromatic carboxylic acids is 1. The van der Waals surface area contributed by atoms with Crippen LogP contribution in [0, 0.1) is 0 Å². The van der Waals surface area contributed by atoms with Crippen LogP contribution in [-0.4, -0.2) is 33.2 Å². The van der Waals surface area contributed by atoms with Crippen molar-refractivity contribution in [1.82, 2.24) is 15.0 Å². The average Bonchev–Trinajstić information content (AvgIpc) is 3.15. The summed E-state index contributed by atoms with van der Waals surface area (Å²) < 4.78 is 11.9. The molecule has 106 valence electrons. The van der Waals surface area contributed by atoms with Gasteiger partial charge in [-0.25, -0.2) is 9.48 Å². The first-order chi connectivity index (χ1) is 10.2. The first-order valence-electron chi connectivity index (χ1n) is 6.08. The molecule has 3 aromatic rings. The largest absolute Gasteiger partial charge is 0.497 e. The summed E-state index contributed by atoms with van der Waals surface area (Å²) >= 11 is 0. The summed E-state index contributed by atoms with van der Waals surface area (Å²) in [6, 6.07) is 10.4. The lowest BCUT2D eigenvalue weighted by molar-refractivity contribution is 0.0691. The van der Waals surface area contributed by atoms with Crippen molar-refractivity contribution >= 4 is 5.97 Å². The van der Waals surface area contributed by atoms with Crippen molar-refractivity contribution in [2.45, 2.75) is 0 Å². The molecular weight excluding hydrogens is 274 g/mol. The van der Waals surface area contributed by atoms with Gasteiger partial charge in [-0.3, -0.25) is 0 Å². The molecule has 0 aliphatic carbocycles. The monoisotopic (exact) mass is 285 g/mol. The van der Waals surface area contributed by atoms with E-state index < -0.39 is 5.97 Å². The molecule has 0 fully saturated rings. The van der Waals surface area contributed by atoms with Gasteiger partial charge in [0.05, 0.1) is 19.1 Å². The number of carbonyl (C=O) groups is 1. The normalized spacial score (nSPS) is 10.5. The standard InChI is InChI=1S/C14H11N3O4/c1-20-10-5-2-4-9(8-10)17-13(11-6-3-7-21-11)12(14(18)19)15-16-17/h2-8H,1H3,(H,18,19). The van der Waals surface area contributed by atoms with Crippen LogP contribution in [0.3, 0.4) is 0 Å². The van der Waals surface area contributed by atoms with Crippen molar-refractivity contribution in [3.05, 3.63) is 48.4 Å². The number of aromatic nitrogens is 3. The van der Waals surface area contributed by atoms with E-state index in [1.807, 2.05) is 0 Å². The maximum Gasteiger partial charge on any atom is 0.358 e. The van der Waals surface area contributed by atoms with Gasteiger partial charge in [0.1, 0.15) is 11.4 Å². The van der Waals surface area contributed by atoms with Crippen LogP contribution in [-0.2, 0) is 0 Å². The minimum absolute atomic E-state index is 0.173. The Balaban J connectivity index is 2.21. The lowest BCUT2D eigenvalue weighted by atomic mass is 10.2.